The number of rotatable bonds is 7. The topological polar surface area (TPSA) is 24.5 Å². The number of hydrogen-bond donors (Lipinski definition) is 1. The molecule has 0 aromatic heterocycles. The number of likely N-dealkylation sites (tertiary alicyclic amines) is 1. The molecule has 0 spiro atoms. The lowest BCUT2D eigenvalue weighted by molar-refractivity contribution is 0.187. The molecule has 0 saturated carbocycles. The molecule has 2 unspecified atom stereocenters. The lowest BCUT2D eigenvalue weighted by atomic mass is 10.00. The van der Waals surface area contributed by atoms with Gasteiger partial charge in [-0.1, -0.05) is 32.0 Å². The van der Waals surface area contributed by atoms with Crippen LogP contribution < -0.4 is 10.1 Å². The SMILES string of the molecule is CCOc1ccccc1C(CN1CCCC1C(C)C)NC. The fourth-order valence-corrected chi connectivity index (χ4v) is 3.47. The molecule has 3 nitrogen and oxygen atoms in total. The molecule has 118 valence electrons. The van der Waals surface area contributed by atoms with E-state index in [-0.39, 0.29) is 0 Å². The Hall–Kier alpha value is -1.06. The summed E-state index contributed by atoms with van der Waals surface area (Å²) in [5, 5.41) is 3.48. The predicted octanol–water partition coefficient (Wildman–Crippen LogP) is 3.47. The Labute approximate surface area is 129 Å². The Bertz CT molecular complexity index is 433. The summed E-state index contributed by atoms with van der Waals surface area (Å²) in [5.41, 5.74) is 1.27. The minimum atomic E-state index is 0.326. The van der Waals surface area contributed by atoms with Crippen molar-refractivity contribution in [1.82, 2.24) is 10.2 Å². The van der Waals surface area contributed by atoms with Crippen LogP contribution in [0, 0.1) is 5.92 Å². The molecule has 0 bridgehead atoms. The molecule has 0 aliphatic carbocycles. The number of likely N-dealkylation sites (N-methyl/N-ethyl adjacent to an activating group) is 1. The van der Waals surface area contributed by atoms with Crippen molar-refractivity contribution in [3.8, 4) is 5.75 Å². The zero-order valence-electron chi connectivity index (χ0n) is 13.9. The van der Waals surface area contributed by atoms with Crippen molar-refractivity contribution in [2.75, 3.05) is 26.7 Å². The Kier molecular flexibility index (Phi) is 6.07. The molecule has 1 heterocycles. The van der Waals surface area contributed by atoms with Gasteiger partial charge in [-0.2, -0.15) is 0 Å². The maximum absolute atomic E-state index is 5.80. The third kappa shape index (κ3) is 3.98. The molecule has 0 radical (unpaired) electrons. The van der Waals surface area contributed by atoms with E-state index in [1.54, 1.807) is 0 Å². The number of hydrogen-bond acceptors (Lipinski definition) is 3. The number of benzene rings is 1. The van der Waals surface area contributed by atoms with E-state index < -0.39 is 0 Å². The van der Waals surface area contributed by atoms with Gasteiger partial charge in [-0.05, 0) is 45.3 Å². The largest absolute Gasteiger partial charge is 0.494 e. The Morgan fingerprint density at radius 3 is 2.76 bits per heavy atom. The van der Waals surface area contributed by atoms with Gasteiger partial charge in [0.2, 0.25) is 0 Å². The first-order valence-corrected chi connectivity index (χ1v) is 8.30. The van der Waals surface area contributed by atoms with Crippen LogP contribution in [0.4, 0.5) is 0 Å². The summed E-state index contributed by atoms with van der Waals surface area (Å²) >= 11 is 0. The van der Waals surface area contributed by atoms with Crippen LogP contribution in [0.5, 0.6) is 5.75 Å². The number of nitrogens with one attached hydrogen (secondary N) is 1. The van der Waals surface area contributed by atoms with Crippen LogP contribution in [-0.4, -0.2) is 37.7 Å². The van der Waals surface area contributed by atoms with Crippen LogP contribution in [0.2, 0.25) is 0 Å². The molecule has 0 amide bonds. The quantitative estimate of drug-likeness (QED) is 0.832. The highest BCUT2D eigenvalue weighted by Gasteiger charge is 2.29. The van der Waals surface area contributed by atoms with Gasteiger partial charge >= 0.3 is 0 Å². The lowest BCUT2D eigenvalue weighted by Gasteiger charge is -2.31. The highest BCUT2D eigenvalue weighted by Crippen LogP contribution is 2.30. The van der Waals surface area contributed by atoms with Crippen molar-refractivity contribution < 1.29 is 4.74 Å². The molecule has 1 aliphatic heterocycles. The second-order valence-electron chi connectivity index (χ2n) is 6.26. The van der Waals surface area contributed by atoms with E-state index in [9.17, 15) is 0 Å². The van der Waals surface area contributed by atoms with Crippen LogP contribution in [0.25, 0.3) is 0 Å². The van der Waals surface area contributed by atoms with Crippen LogP contribution >= 0.6 is 0 Å². The van der Waals surface area contributed by atoms with Crippen molar-refractivity contribution in [2.24, 2.45) is 5.92 Å². The van der Waals surface area contributed by atoms with E-state index in [0.29, 0.717) is 12.6 Å². The van der Waals surface area contributed by atoms with Crippen molar-refractivity contribution in [3.05, 3.63) is 29.8 Å². The van der Waals surface area contributed by atoms with Crippen LogP contribution in [0.15, 0.2) is 24.3 Å². The maximum atomic E-state index is 5.80. The van der Waals surface area contributed by atoms with Crippen LogP contribution in [0.3, 0.4) is 0 Å². The standard InChI is InChI=1S/C18H30N2O/c1-5-21-18-11-7-6-9-15(18)16(19-4)13-20-12-8-10-17(20)14(2)3/h6-7,9,11,14,16-17,19H,5,8,10,12-13H2,1-4H3. The predicted molar refractivity (Wildman–Crippen MR) is 88.8 cm³/mol. The fourth-order valence-electron chi connectivity index (χ4n) is 3.47. The van der Waals surface area contributed by atoms with Gasteiger partial charge in [-0.25, -0.2) is 0 Å². The summed E-state index contributed by atoms with van der Waals surface area (Å²) in [6.07, 6.45) is 2.66. The molecule has 1 fully saturated rings. The first-order chi connectivity index (χ1) is 10.2. The zero-order valence-corrected chi connectivity index (χ0v) is 13.9. The van der Waals surface area contributed by atoms with Crippen molar-refractivity contribution in [3.63, 3.8) is 0 Å². The van der Waals surface area contributed by atoms with Gasteiger partial charge in [-0.3, -0.25) is 4.90 Å². The third-order valence-corrected chi connectivity index (χ3v) is 4.54. The molecule has 2 atom stereocenters. The second kappa shape index (κ2) is 7.81. The molecule has 21 heavy (non-hydrogen) atoms. The first-order valence-electron chi connectivity index (χ1n) is 8.30. The van der Waals surface area contributed by atoms with Crippen molar-refractivity contribution >= 4 is 0 Å². The van der Waals surface area contributed by atoms with Gasteiger partial charge in [0.15, 0.2) is 0 Å². The van der Waals surface area contributed by atoms with E-state index in [4.69, 9.17) is 4.74 Å². The Morgan fingerprint density at radius 1 is 1.33 bits per heavy atom. The molecular weight excluding hydrogens is 260 g/mol. The maximum Gasteiger partial charge on any atom is 0.124 e. The average molecular weight is 290 g/mol. The first kappa shape index (κ1) is 16.3. The van der Waals surface area contributed by atoms with E-state index in [1.165, 1.54) is 24.9 Å². The molecule has 1 aromatic rings. The number of nitrogens with zero attached hydrogens (tertiary/aromatic N) is 1. The minimum Gasteiger partial charge on any atom is -0.494 e. The van der Waals surface area contributed by atoms with Gasteiger partial charge in [0.25, 0.3) is 0 Å². The summed E-state index contributed by atoms with van der Waals surface area (Å²) in [6.45, 7) is 9.71. The summed E-state index contributed by atoms with van der Waals surface area (Å²) in [4.78, 5) is 2.65. The smallest absolute Gasteiger partial charge is 0.124 e. The van der Waals surface area contributed by atoms with Gasteiger partial charge in [0.1, 0.15) is 5.75 Å². The molecule has 2 rings (SSSR count). The van der Waals surface area contributed by atoms with Gasteiger partial charge in [-0.15, -0.1) is 0 Å². The fraction of sp³-hybridized carbons (Fsp3) is 0.667. The van der Waals surface area contributed by atoms with E-state index in [1.807, 2.05) is 20.0 Å². The monoisotopic (exact) mass is 290 g/mol. The van der Waals surface area contributed by atoms with Crippen LogP contribution in [0.1, 0.15) is 45.2 Å². The van der Waals surface area contributed by atoms with Gasteiger partial charge < -0.3 is 10.1 Å². The lowest BCUT2D eigenvalue weighted by Crippen LogP contribution is -2.39. The highest BCUT2D eigenvalue weighted by atomic mass is 16.5. The Morgan fingerprint density at radius 2 is 2.10 bits per heavy atom. The van der Waals surface area contributed by atoms with Crippen molar-refractivity contribution in [1.29, 1.82) is 0 Å². The molecule has 1 saturated heterocycles. The average Bonchev–Trinajstić information content (AvgIpc) is 2.94. The van der Waals surface area contributed by atoms with E-state index in [0.717, 1.165) is 24.3 Å². The van der Waals surface area contributed by atoms with Gasteiger partial charge in [0.05, 0.1) is 6.61 Å². The molecule has 1 N–H and O–H groups in total. The van der Waals surface area contributed by atoms with Crippen LogP contribution in [-0.2, 0) is 0 Å². The number of ether oxygens (including phenoxy) is 1. The van der Waals surface area contributed by atoms with Crippen molar-refractivity contribution in [2.45, 2.75) is 45.7 Å². The second-order valence-corrected chi connectivity index (χ2v) is 6.26. The minimum absolute atomic E-state index is 0.326. The third-order valence-electron chi connectivity index (χ3n) is 4.54. The number of para-hydroxylation sites is 1. The normalized spacial score (nSPS) is 20.9. The zero-order chi connectivity index (χ0) is 15.2. The molecule has 3 heteroatoms. The summed E-state index contributed by atoms with van der Waals surface area (Å²) < 4.78 is 5.80. The van der Waals surface area contributed by atoms with E-state index in [2.05, 4.69) is 42.3 Å². The summed E-state index contributed by atoms with van der Waals surface area (Å²) in [6, 6.07) is 9.46. The molecule has 1 aromatic carbocycles. The van der Waals surface area contributed by atoms with E-state index >= 15 is 0 Å². The Balaban J connectivity index is 2.13. The molecular formula is C18H30N2O. The highest BCUT2D eigenvalue weighted by molar-refractivity contribution is 5.36. The summed E-state index contributed by atoms with van der Waals surface area (Å²) in [7, 11) is 2.05. The summed E-state index contributed by atoms with van der Waals surface area (Å²) in [5.74, 6) is 1.74. The molecule has 1 aliphatic rings. The van der Waals surface area contributed by atoms with Gasteiger partial charge in [0, 0.05) is 24.2 Å².